The van der Waals surface area contributed by atoms with Gasteiger partial charge in [-0.2, -0.15) is 9.47 Å². The van der Waals surface area contributed by atoms with Crippen LogP contribution in [-0.2, 0) is 17.7 Å². The van der Waals surface area contributed by atoms with E-state index in [1.165, 1.54) is 11.5 Å². The third-order valence-corrected chi connectivity index (χ3v) is 3.34. The van der Waals surface area contributed by atoms with E-state index in [0.717, 1.165) is 42.8 Å². The molecule has 0 fully saturated rings. The quantitative estimate of drug-likeness (QED) is 0.759. The zero-order chi connectivity index (χ0) is 14.4. The second-order valence-electron chi connectivity index (χ2n) is 5.05. The van der Waals surface area contributed by atoms with Crippen LogP contribution in [0, 0.1) is 5.92 Å². The molecule has 110 valence electrons. The molecule has 2 aromatic heterocycles. The third-order valence-electron chi connectivity index (χ3n) is 2.67. The lowest BCUT2D eigenvalue weighted by Gasteiger charge is -2.00. The molecular formula is C13H21N5OS. The maximum absolute atomic E-state index is 5.03. The Morgan fingerprint density at radius 3 is 3.05 bits per heavy atom. The summed E-state index contributed by atoms with van der Waals surface area (Å²) in [5.74, 6) is 2.26. The molecule has 20 heavy (non-hydrogen) atoms. The van der Waals surface area contributed by atoms with Crippen LogP contribution in [-0.4, -0.2) is 32.9 Å². The Bertz CT molecular complexity index is 522. The predicted octanol–water partition coefficient (Wildman–Crippen LogP) is 2.71. The van der Waals surface area contributed by atoms with Crippen LogP contribution in [0.4, 0.5) is 10.9 Å². The van der Waals surface area contributed by atoms with Gasteiger partial charge < -0.3 is 10.1 Å². The van der Waals surface area contributed by atoms with Crippen LogP contribution in [0.1, 0.15) is 26.1 Å². The Morgan fingerprint density at radius 2 is 2.30 bits per heavy atom. The van der Waals surface area contributed by atoms with Crippen molar-refractivity contribution in [1.29, 1.82) is 0 Å². The first-order valence-electron chi connectivity index (χ1n) is 6.79. The van der Waals surface area contributed by atoms with E-state index in [0.29, 0.717) is 5.92 Å². The van der Waals surface area contributed by atoms with E-state index in [4.69, 9.17) is 4.74 Å². The molecule has 0 saturated heterocycles. The van der Waals surface area contributed by atoms with Gasteiger partial charge in [-0.3, -0.25) is 4.68 Å². The van der Waals surface area contributed by atoms with E-state index in [2.05, 4.69) is 33.6 Å². The van der Waals surface area contributed by atoms with Crippen LogP contribution in [0.3, 0.4) is 0 Å². The van der Waals surface area contributed by atoms with Crippen molar-refractivity contribution >= 4 is 22.5 Å². The van der Waals surface area contributed by atoms with E-state index in [-0.39, 0.29) is 0 Å². The predicted molar refractivity (Wildman–Crippen MR) is 80.5 cm³/mol. The average molecular weight is 295 g/mol. The van der Waals surface area contributed by atoms with Crippen LogP contribution < -0.4 is 5.32 Å². The summed E-state index contributed by atoms with van der Waals surface area (Å²) in [6.07, 6.45) is 3.81. The minimum absolute atomic E-state index is 0.567. The van der Waals surface area contributed by atoms with Gasteiger partial charge in [-0.1, -0.05) is 13.8 Å². The second kappa shape index (κ2) is 7.35. The van der Waals surface area contributed by atoms with Crippen LogP contribution >= 0.6 is 11.5 Å². The van der Waals surface area contributed by atoms with Crippen molar-refractivity contribution in [2.24, 2.45) is 5.92 Å². The molecule has 0 bridgehead atoms. The van der Waals surface area contributed by atoms with Gasteiger partial charge in [0.15, 0.2) is 5.82 Å². The van der Waals surface area contributed by atoms with Gasteiger partial charge in [-0.25, -0.2) is 4.98 Å². The summed E-state index contributed by atoms with van der Waals surface area (Å²) in [7, 11) is 1.71. The Kier molecular flexibility index (Phi) is 5.49. The third kappa shape index (κ3) is 4.57. The largest absolute Gasteiger partial charge is 0.385 e. The van der Waals surface area contributed by atoms with E-state index in [1.807, 2.05) is 16.9 Å². The van der Waals surface area contributed by atoms with Crippen LogP contribution in [0.25, 0.3) is 0 Å². The van der Waals surface area contributed by atoms with Gasteiger partial charge in [0.2, 0.25) is 5.13 Å². The van der Waals surface area contributed by atoms with Crippen molar-refractivity contribution in [3.63, 3.8) is 0 Å². The van der Waals surface area contributed by atoms with Crippen molar-refractivity contribution in [2.75, 3.05) is 19.0 Å². The van der Waals surface area contributed by atoms with E-state index < -0.39 is 0 Å². The highest BCUT2D eigenvalue weighted by Gasteiger charge is 2.07. The molecule has 0 saturated carbocycles. The molecule has 2 rings (SSSR count). The van der Waals surface area contributed by atoms with Crippen LogP contribution in [0.15, 0.2) is 12.3 Å². The monoisotopic (exact) mass is 295 g/mol. The molecule has 0 radical (unpaired) electrons. The highest BCUT2D eigenvalue weighted by molar-refractivity contribution is 7.09. The summed E-state index contributed by atoms with van der Waals surface area (Å²) in [6.45, 7) is 5.92. The number of aryl methyl sites for hydroxylation is 1. The Balaban J connectivity index is 1.88. The molecular weight excluding hydrogens is 274 g/mol. The highest BCUT2D eigenvalue weighted by atomic mass is 32.1. The number of anilines is 2. The summed E-state index contributed by atoms with van der Waals surface area (Å²) in [4.78, 5) is 4.46. The van der Waals surface area contributed by atoms with E-state index in [9.17, 15) is 0 Å². The molecule has 0 aromatic carbocycles. The molecule has 7 heteroatoms. The molecule has 0 unspecified atom stereocenters. The van der Waals surface area contributed by atoms with Crippen molar-refractivity contribution in [1.82, 2.24) is 19.1 Å². The number of aromatic nitrogens is 4. The summed E-state index contributed by atoms with van der Waals surface area (Å²) >= 11 is 1.38. The topological polar surface area (TPSA) is 64.9 Å². The minimum Gasteiger partial charge on any atom is -0.385 e. The number of ether oxygens (including phenoxy) is 1. The SMILES string of the molecule is COCCCn1ccc(Nc2nc(CC(C)C)ns2)n1. The fourth-order valence-electron chi connectivity index (χ4n) is 1.79. The zero-order valence-corrected chi connectivity index (χ0v) is 13.0. The summed E-state index contributed by atoms with van der Waals surface area (Å²) in [5.41, 5.74) is 0. The number of methoxy groups -OCH3 is 1. The zero-order valence-electron chi connectivity index (χ0n) is 12.2. The highest BCUT2D eigenvalue weighted by Crippen LogP contribution is 2.18. The van der Waals surface area contributed by atoms with Gasteiger partial charge in [0, 0.05) is 50.5 Å². The average Bonchev–Trinajstić information content (AvgIpc) is 3.00. The maximum atomic E-state index is 5.03. The second-order valence-corrected chi connectivity index (χ2v) is 5.80. The molecule has 2 heterocycles. The molecule has 0 spiro atoms. The molecule has 0 aliphatic heterocycles. The summed E-state index contributed by atoms with van der Waals surface area (Å²) < 4.78 is 11.3. The number of hydrogen-bond acceptors (Lipinski definition) is 6. The normalized spacial score (nSPS) is 11.2. The first kappa shape index (κ1) is 14.9. The van der Waals surface area contributed by atoms with E-state index in [1.54, 1.807) is 7.11 Å². The van der Waals surface area contributed by atoms with Gasteiger partial charge in [0.1, 0.15) is 5.82 Å². The minimum atomic E-state index is 0.567. The summed E-state index contributed by atoms with van der Waals surface area (Å²) in [5, 5.41) is 8.42. The molecule has 2 aromatic rings. The fraction of sp³-hybridized carbons (Fsp3) is 0.615. The lowest BCUT2D eigenvalue weighted by atomic mass is 10.1. The van der Waals surface area contributed by atoms with Gasteiger partial charge >= 0.3 is 0 Å². The van der Waals surface area contributed by atoms with E-state index >= 15 is 0 Å². The molecule has 0 atom stereocenters. The standard InChI is InChI=1S/C13H21N5OS/c1-10(2)9-12-15-13(20-17-12)14-11-5-7-18(16-11)6-4-8-19-3/h5,7,10H,4,6,8-9H2,1-3H3,(H,14,15,16,17). The van der Waals surface area contributed by atoms with Crippen molar-refractivity contribution in [2.45, 2.75) is 33.2 Å². The maximum Gasteiger partial charge on any atom is 0.208 e. The first-order valence-corrected chi connectivity index (χ1v) is 7.56. The van der Waals surface area contributed by atoms with Gasteiger partial charge in [-0.15, -0.1) is 0 Å². The smallest absolute Gasteiger partial charge is 0.208 e. The molecule has 0 amide bonds. The van der Waals surface area contributed by atoms with Gasteiger partial charge in [-0.05, 0) is 12.3 Å². The van der Waals surface area contributed by atoms with Crippen molar-refractivity contribution in [3.8, 4) is 0 Å². The molecule has 6 nitrogen and oxygen atoms in total. The lowest BCUT2D eigenvalue weighted by Crippen LogP contribution is -2.02. The fourth-order valence-corrected chi connectivity index (χ4v) is 2.39. The molecule has 0 aliphatic rings. The molecule has 0 aliphatic carbocycles. The Hall–Kier alpha value is -1.47. The summed E-state index contributed by atoms with van der Waals surface area (Å²) in [6, 6.07) is 1.94. The van der Waals surface area contributed by atoms with Gasteiger partial charge in [0.25, 0.3) is 0 Å². The Labute approximate surface area is 123 Å². The van der Waals surface area contributed by atoms with Crippen molar-refractivity contribution < 1.29 is 4.74 Å². The lowest BCUT2D eigenvalue weighted by molar-refractivity contribution is 0.189. The molecule has 1 N–H and O–H groups in total. The van der Waals surface area contributed by atoms with Gasteiger partial charge in [0.05, 0.1) is 0 Å². The number of nitrogens with one attached hydrogen (secondary N) is 1. The van der Waals surface area contributed by atoms with Crippen molar-refractivity contribution in [3.05, 3.63) is 18.1 Å². The Morgan fingerprint density at radius 1 is 1.45 bits per heavy atom. The number of rotatable bonds is 8. The van der Waals surface area contributed by atoms with Crippen LogP contribution in [0.2, 0.25) is 0 Å². The number of hydrogen-bond donors (Lipinski definition) is 1. The first-order chi connectivity index (χ1) is 9.67. The number of nitrogens with zero attached hydrogens (tertiary/aromatic N) is 4. The van der Waals surface area contributed by atoms with Crippen LogP contribution in [0.5, 0.6) is 0 Å².